The van der Waals surface area contributed by atoms with Crippen LogP contribution in [-0.2, 0) is 6.54 Å². The summed E-state index contributed by atoms with van der Waals surface area (Å²) in [4.78, 5) is 7.38. The molecule has 1 aromatic heterocycles. The summed E-state index contributed by atoms with van der Waals surface area (Å²) in [5, 5.41) is 11.0. The third kappa shape index (κ3) is 2.66. The van der Waals surface area contributed by atoms with Crippen LogP contribution >= 0.6 is 15.9 Å². The number of benzene rings is 2. The Labute approximate surface area is 140 Å². The highest BCUT2D eigenvalue weighted by Gasteiger charge is 2.13. The highest BCUT2D eigenvalue weighted by molar-refractivity contribution is 9.10. The molecule has 0 unspecified atom stereocenters. The van der Waals surface area contributed by atoms with Crippen LogP contribution in [0.5, 0.6) is 17.4 Å². The van der Waals surface area contributed by atoms with Crippen LogP contribution in [0.2, 0.25) is 0 Å². The van der Waals surface area contributed by atoms with Gasteiger partial charge in [0.25, 0.3) is 0 Å². The van der Waals surface area contributed by atoms with E-state index in [2.05, 4.69) is 25.9 Å². The van der Waals surface area contributed by atoms with Gasteiger partial charge in [-0.15, -0.1) is 0 Å². The zero-order valence-corrected chi connectivity index (χ0v) is 13.6. The normalized spacial score (nSPS) is 13.3. The number of rotatable bonds is 3. The fourth-order valence-electron chi connectivity index (χ4n) is 2.58. The first-order chi connectivity index (χ1) is 11.2. The molecule has 5 nitrogen and oxygen atoms in total. The minimum absolute atomic E-state index is 0.118. The van der Waals surface area contributed by atoms with Gasteiger partial charge in [-0.25, -0.2) is 0 Å². The maximum Gasteiger partial charge on any atom is 0.231 e. The summed E-state index contributed by atoms with van der Waals surface area (Å²) in [5.74, 6) is 1.63. The third-order valence-corrected chi connectivity index (χ3v) is 4.20. The van der Waals surface area contributed by atoms with Gasteiger partial charge in [-0.3, -0.25) is 4.99 Å². The van der Waals surface area contributed by atoms with Crippen molar-refractivity contribution in [2.45, 2.75) is 6.54 Å². The number of fused-ring (bicyclic) bond motifs is 2. The average Bonchev–Trinajstić information content (AvgIpc) is 3.12. The van der Waals surface area contributed by atoms with Crippen molar-refractivity contribution < 1.29 is 14.6 Å². The Morgan fingerprint density at radius 1 is 1.17 bits per heavy atom. The van der Waals surface area contributed by atoms with E-state index in [1.54, 1.807) is 6.21 Å². The number of hydrogen-bond acceptors (Lipinski definition) is 4. The van der Waals surface area contributed by atoms with Crippen LogP contribution in [-0.4, -0.2) is 23.1 Å². The molecule has 0 radical (unpaired) electrons. The molecule has 4 rings (SSSR count). The molecule has 0 bridgehead atoms. The summed E-state index contributed by atoms with van der Waals surface area (Å²) in [7, 11) is 0. The number of nitrogens with zero attached hydrogens (tertiary/aromatic N) is 1. The number of halogens is 1. The second kappa shape index (κ2) is 5.62. The van der Waals surface area contributed by atoms with Crippen molar-refractivity contribution in [1.82, 2.24) is 4.98 Å². The topological polar surface area (TPSA) is 66.8 Å². The van der Waals surface area contributed by atoms with Crippen LogP contribution < -0.4 is 9.47 Å². The van der Waals surface area contributed by atoms with Crippen molar-refractivity contribution in [3.05, 3.63) is 52.0 Å². The molecule has 116 valence electrons. The van der Waals surface area contributed by atoms with Crippen molar-refractivity contribution in [3.63, 3.8) is 0 Å². The SMILES string of the molecule is Oc1[nH]c2ccc(Br)cc2c1C=NCc1ccc2c(c1)OCO2. The summed E-state index contributed by atoms with van der Waals surface area (Å²) < 4.78 is 11.6. The second-order valence-corrected chi connectivity index (χ2v) is 6.15. The molecule has 2 N–H and O–H groups in total. The van der Waals surface area contributed by atoms with Crippen LogP contribution in [0, 0.1) is 0 Å². The molecular formula is C17H13BrN2O3. The number of aromatic hydroxyl groups is 1. The molecule has 0 fully saturated rings. The van der Waals surface area contributed by atoms with Crippen LogP contribution in [0.1, 0.15) is 11.1 Å². The minimum atomic E-state index is 0.118. The van der Waals surface area contributed by atoms with Crippen molar-refractivity contribution in [2.75, 3.05) is 6.79 Å². The lowest BCUT2D eigenvalue weighted by Crippen LogP contribution is -1.92. The van der Waals surface area contributed by atoms with Crippen LogP contribution in [0.25, 0.3) is 10.9 Å². The molecule has 0 amide bonds. The fourth-order valence-corrected chi connectivity index (χ4v) is 2.94. The van der Waals surface area contributed by atoms with Crippen molar-refractivity contribution in [1.29, 1.82) is 0 Å². The lowest BCUT2D eigenvalue weighted by atomic mass is 10.2. The number of aromatic nitrogens is 1. The summed E-state index contributed by atoms with van der Waals surface area (Å²) in [6.07, 6.45) is 1.69. The van der Waals surface area contributed by atoms with Gasteiger partial charge in [-0.2, -0.15) is 0 Å². The van der Waals surface area contributed by atoms with E-state index in [0.717, 1.165) is 32.4 Å². The van der Waals surface area contributed by atoms with Gasteiger partial charge in [0.15, 0.2) is 17.4 Å². The fraction of sp³-hybridized carbons (Fsp3) is 0.118. The second-order valence-electron chi connectivity index (χ2n) is 5.23. The number of ether oxygens (including phenoxy) is 2. The monoisotopic (exact) mass is 372 g/mol. The molecular weight excluding hydrogens is 360 g/mol. The lowest BCUT2D eigenvalue weighted by Gasteiger charge is -1.99. The van der Waals surface area contributed by atoms with Crippen molar-refractivity contribution in [2.24, 2.45) is 4.99 Å². The van der Waals surface area contributed by atoms with E-state index in [9.17, 15) is 5.11 Å². The van der Waals surface area contributed by atoms with Gasteiger partial charge >= 0.3 is 0 Å². The summed E-state index contributed by atoms with van der Waals surface area (Å²) >= 11 is 3.44. The Morgan fingerprint density at radius 2 is 2.04 bits per heavy atom. The highest BCUT2D eigenvalue weighted by atomic mass is 79.9. The van der Waals surface area contributed by atoms with Crippen molar-refractivity contribution in [3.8, 4) is 17.4 Å². The van der Waals surface area contributed by atoms with Crippen LogP contribution in [0.4, 0.5) is 0 Å². The molecule has 23 heavy (non-hydrogen) atoms. The molecule has 2 aromatic carbocycles. The van der Waals surface area contributed by atoms with Crippen molar-refractivity contribution >= 4 is 33.0 Å². The summed E-state index contributed by atoms with van der Waals surface area (Å²) in [5.41, 5.74) is 2.57. The molecule has 0 saturated heterocycles. The number of hydrogen-bond donors (Lipinski definition) is 2. The first-order valence-corrected chi connectivity index (χ1v) is 7.88. The lowest BCUT2D eigenvalue weighted by molar-refractivity contribution is 0.174. The molecule has 0 atom stereocenters. The maximum atomic E-state index is 10.1. The Morgan fingerprint density at radius 3 is 2.96 bits per heavy atom. The number of H-pyrrole nitrogens is 1. The zero-order chi connectivity index (χ0) is 15.8. The van der Waals surface area contributed by atoms with E-state index < -0.39 is 0 Å². The number of aromatic amines is 1. The molecule has 0 spiro atoms. The van der Waals surface area contributed by atoms with E-state index in [1.165, 1.54) is 0 Å². The Balaban J connectivity index is 1.59. The van der Waals surface area contributed by atoms with E-state index in [4.69, 9.17) is 9.47 Å². The molecule has 1 aliphatic rings. The molecule has 0 saturated carbocycles. The largest absolute Gasteiger partial charge is 0.494 e. The van der Waals surface area contributed by atoms with Crippen LogP contribution in [0.15, 0.2) is 45.9 Å². The first kappa shape index (κ1) is 14.1. The molecule has 3 aromatic rings. The molecule has 0 aliphatic carbocycles. The molecule has 1 aliphatic heterocycles. The van der Waals surface area contributed by atoms with Gasteiger partial charge < -0.3 is 19.6 Å². The number of nitrogens with one attached hydrogen (secondary N) is 1. The molecule has 2 heterocycles. The average molecular weight is 373 g/mol. The third-order valence-electron chi connectivity index (χ3n) is 3.71. The standard InChI is InChI=1S/C17H13BrN2O3/c18-11-2-3-14-12(6-11)13(17(21)20-14)8-19-7-10-1-4-15-16(5-10)23-9-22-15/h1-6,8,20-21H,7,9H2. The van der Waals surface area contributed by atoms with E-state index in [0.29, 0.717) is 12.1 Å². The predicted octanol–water partition coefficient (Wildman–Crippen LogP) is 3.98. The van der Waals surface area contributed by atoms with E-state index in [1.807, 2.05) is 36.4 Å². The Hall–Kier alpha value is -2.47. The smallest absolute Gasteiger partial charge is 0.231 e. The van der Waals surface area contributed by atoms with Gasteiger partial charge in [-0.05, 0) is 35.9 Å². The highest BCUT2D eigenvalue weighted by Crippen LogP contribution is 2.33. The van der Waals surface area contributed by atoms with Gasteiger partial charge in [0.1, 0.15) is 0 Å². The summed E-state index contributed by atoms with van der Waals surface area (Å²) in [6, 6.07) is 11.5. The first-order valence-electron chi connectivity index (χ1n) is 7.09. The Kier molecular flexibility index (Phi) is 3.46. The quantitative estimate of drug-likeness (QED) is 0.683. The maximum absolute atomic E-state index is 10.1. The van der Waals surface area contributed by atoms with Gasteiger partial charge in [0.2, 0.25) is 6.79 Å². The zero-order valence-electron chi connectivity index (χ0n) is 12.0. The van der Waals surface area contributed by atoms with Crippen LogP contribution in [0.3, 0.4) is 0 Å². The molecule has 6 heteroatoms. The van der Waals surface area contributed by atoms with Gasteiger partial charge in [0.05, 0.1) is 12.1 Å². The number of aliphatic imine (C=N–C) groups is 1. The Bertz CT molecular complexity index is 918. The van der Waals surface area contributed by atoms with E-state index in [-0.39, 0.29) is 12.7 Å². The van der Waals surface area contributed by atoms with Gasteiger partial charge in [0, 0.05) is 21.6 Å². The van der Waals surface area contributed by atoms with E-state index >= 15 is 0 Å². The summed E-state index contributed by atoms with van der Waals surface area (Å²) in [6.45, 7) is 0.761. The predicted molar refractivity (Wildman–Crippen MR) is 91.5 cm³/mol. The minimum Gasteiger partial charge on any atom is -0.494 e. The van der Waals surface area contributed by atoms with Gasteiger partial charge in [-0.1, -0.05) is 22.0 Å².